The first-order valence-corrected chi connectivity index (χ1v) is 8.75. The minimum Gasteiger partial charge on any atom is -0.489 e. The Bertz CT molecular complexity index is 1000. The van der Waals surface area contributed by atoms with E-state index in [1.165, 1.54) is 29.0 Å². The summed E-state index contributed by atoms with van der Waals surface area (Å²) >= 11 is 0. The van der Waals surface area contributed by atoms with Crippen LogP contribution in [0.25, 0.3) is 0 Å². The smallest absolute Gasteiger partial charge is 0.254 e. The fraction of sp³-hybridized carbons (Fsp3) is 0.143. The average molecular weight is 363 g/mol. The Morgan fingerprint density at radius 3 is 2.48 bits per heavy atom. The third-order valence-corrected chi connectivity index (χ3v) is 4.27. The van der Waals surface area contributed by atoms with Gasteiger partial charge in [-0.15, -0.1) is 0 Å². The molecule has 27 heavy (non-hydrogen) atoms. The van der Waals surface area contributed by atoms with Crippen molar-refractivity contribution in [3.63, 3.8) is 0 Å². The summed E-state index contributed by atoms with van der Waals surface area (Å²) in [6.45, 7) is 0.123. The van der Waals surface area contributed by atoms with Gasteiger partial charge in [-0.3, -0.25) is 9.59 Å². The van der Waals surface area contributed by atoms with Crippen LogP contribution in [-0.2, 0) is 19.5 Å². The van der Waals surface area contributed by atoms with Gasteiger partial charge in [0.1, 0.15) is 26.0 Å². The third-order valence-electron chi connectivity index (χ3n) is 4.27. The zero-order valence-corrected chi connectivity index (χ0v) is 15.0. The number of Topliss-reactive ketones (excluding diaryl/α,β-unsaturated/α-hetero) is 1. The molecule has 2 aromatic carbocycles. The Balaban J connectivity index is 1.69. The van der Waals surface area contributed by atoms with E-state index >= 15 is 0 Å². The number of ether oxygens (including phenoxy) is 1. The van der Waals surface area contributed by atoms with Crippen molar-refractivity contribution < 1.29 is 13.9 Å². The summed E-state index contributed by atoms with van der Waals surface area (Å²) < 4.78 is 20.9. The van der Waals surface area contributed by atoms with Crippen molar-refractivity contribution in [3.8, 4) is 5.75 Å². The standard InChI is InChI=1S/C21H19BFNO3/c22-12-16-6-7-18(19(23)10-16)20(25)13-24-9-8-17(11-21(24)26)27-14-15-4-2-1-3-5-15/h1-11H,12-14,22H2. The summed E-state index contributed by atoms with van der Waals surface area (Å²) in [5.74, 6) is -0.587. The predicted molar refractivity (Wildman–Crippen MR) is 104 cm³/mol. The molecule has 0 aliphatic heterocycles. The monoisotopic (exact) mass is 363 g/mol. The SMILES string of the molecule is BCc1ccc(C(=O)Cn2ccc(OCc3ccccc3)cc2=O)c(F)c1. The van der Waals surface area contributed by atoms with E-state index in [1.54, 1.807) is 12.1 Å². The summed E-state index contributed by atoms with van der Waals surface area (Å²) in [4.78, 5) is 24.6. The van der Waals surface area contributed by atoms with Crippen LogP contribution in [0.15, 0.2) is 71.7 Å². The first kappa shape index (κ1) is 18.6. The molecule has 3 aromatic rings. The fourth-order valence-corrected chi connectivity index (χ4v) is 2.70. The molecule has 1 heterocycles. The number of carbonyl (C=O) groups is 1. The summed E-state index contributed by atoms with van der Waals surface area (Å²) in [5.41, 5.74) is 1.42. The number of rotatable bonds is 7. The lowest BCUT2D eigenvalue weighted by Crippen LogP contribution is -2.23. The summed E-state index contributed by atoms with van der Waals surface area (Å²) in [6, 6.07) is 17.1. The van der Waals surface area contributed by atoms with Gasteiger partial charge in [0.25, 0.3) is 5.56 Å². The quantitative estimate of drug-likeness (QED) is 0.479. The van der Waals surface area contributed by atoms with Crippen LogP contribution in [0.4, 0.5) is 4.39 Å². The fourth-order valence-electron chi connectivity index (χ4n) is 2.70. The number of pyridine rings is 1. The van der Waals surface area contributed by atoms with E-state index in [4.69, 9.17) is 4.74 Å². The molecule has 0 bridgehead atoms. The van der Waals surface area contributed by atoms with Crippen molar-refractivity contribution in [1.82, 2.24) is 4.57 Å². The number of benzene rings is 2. The van der Waals surface area contributed by atoms with Crippen molar-refractivity contribution in [2.45, 2.75) is 19.5 Å². The van der Waals surface area contributed by atoms with Crippen LogP contribution in [0.1, 0.15) is 21.5 Å². The molecule has 4 nitrogen and oxygen atoms in total. The van der Waals surface area contributed by atoms with Crippen LogP contribution in [0.5, 0.6) is 5.75 Å². The maximum Gasteiger partial charge on any atom is 0.254 e. The Morgan fingerprint density at radius 1 is 1.04 bits per heavy atom. The molecular weight excluding hydrogens is 344 g/mol. The largest absolute Gasteiger partial charge is 0.489 e. The van der Waals surface area contributed by atoms with Crippen LogP contribution < -0.4 is 10.3 Å². The normalized spacial score (nSPS) is 10.6. The molecule has 0 spiro atoms. The predicted octanol–water partition coefficient (Wildman–Crippen LogP) is 2.58. The maximum atomic E-state index is 14.1. The van der Waals surface area contributed by atoms with E-state index in [9.17, 15) is 14.0 Å². The second-order valence-electron chi connectivity index (χ2n) is 6.19. The number of nitrogens with zero attached hydrogens (tertiary/aromatic N) is 1. The van der Waals surface area contributed by atoms with Crippen LogP contribution >= 0.6 is 0 Å². The van der Waals surface area contributed by atoms with Crippen molar-refractivity contribution in [1.29, 1.82) is 0 Å². The van der Waals surface area contributed by atoms with E-state index in [1.807, 2.05) is 38.2 Å². The van der Waals surface area contributed by atoms with Crippen molar-refractivity contribution in [2.24, 2.45) is 0 Å². The molecule has 0 unspecified atom stereocenters. The van der Waals surface area contributed by atoms with Crippen molar-refractivity contribution >= 4 is 13.6 Å². The summed E-state index contributed by atoms with van der Waals surface area (Å²) in [7, 11) is 1.91. The average Bonchev–Trinajstić information content (AvgIpc) is 2.68. The Kier molecular flexibility index (Phi) is 5.86. The number of hydrogen-bond acceptors (Lipinski definition) is 3. The van der Waals surface area contributed by atoms with Gasteiger partial charge in [0, 0.05) is 12.3 Å². The van der Waals surface area contributed by atoms with E-state index in [2.05, 4.69) is 0 Å². The van der Waals surface area contributed by atoms with Crippen molar-refractivity contribution in [2.75, 3.05) is 0 Å². The minimum absolute atomic E-state index is 0.0106. The molecule has 0 fully saturated rings. The number of hydrogen-bond donors (Lipinski definition) is 0. The van der Waals surface area contributed by atoms with E-state index in [0.717, 1.165) is 11.1 Å². The zero-order valence-electron chi connectivity index (χ0n) is 15.0. The van der Waals surface area contributed by atoms with E-state index in [-0.39, 0.29) is 17.7 Å². The molecule has 1 aromatic heterocycles. The highest BCUT2D eigenvalue weighted by Gasteiger charge is 2.13. The molecule has 136 valence electrons. The molecular formula is C21H19BFNO3. The molecule has 0 saturated heterocycles. The molecule has 6 heteroatoms. The van der Waals surface area contributed by atoms with Gasteiger partial charge in [0.05, 0.1) is 12.1 Å². The third kappa shape index (κ3) is 4.73. The lowest BCUT2D eigenvalue weighted by atomic mass is 9.95. The Labute approximate surface area is 157 Å². The summed E-state index contributed by atoms with van der Waals surface area (Å²) in [6.07, 6.45) is 2.17. The number of carbonyl (C=O) groups excluding carboxylic acids is 1. The molecule has 0 aliphatic carbocycles. The first-order valence-electron chi connectivity index (χ1n) is 8.75. The van der Waals surface area contributed by atoms with E-state index in [0.29, 0.717) is 18.7 Å². The lowest BCUT2D eigenvalue weighted by molar-refractivity contribution is 0.0966. The van der Waals surface area contributed by atoms with Gasteiger partial charge in [-0.25, -0.2) is 4.39 Å². The highest BCUT2D eigenvalue weighted by atomic mass is 19.1. The van der Waals surface area contributed by atoms with Gasteiger partial charge in [-0.2, -0.15) is 0 Å². The minimum atomic E-state index is -0.560. The second kappa shape index (κ2) is 8.49. The summed E-state index contributed by atoms with van der Waals surface area (Å²) in [5, 5.41) is 0. The van der Waals surface area contributed by atoms with Gasteiger partial charge >= 0.3 is 0 Å². The molecule has 0 atom stereocenters. The second-order valence-corrected chi connectivity index (χ2v) is 6.19. The van der Waals surface area contributed by atoms with Gasteiger partial charge in [0.2, 0.25) is 0 Å². The highest BCUT2D eigenvalue weighted by molar-refractivity contribution is 6.08. The van der Waals surface area contributed by atoms with Crippen LogP contribution in [-0.4, -0.2) is 18.2 Å². The number of aromatic nitrogens is 1. The molecule has 0 amide bonds. The van der Waals surface area contributed by atoms with Crippen LogP contribution in [0.3, 0.4) is 0 Å². The Hall–Kier alpha value is -3.15. The molecule has 0 aliphatic rings. The number of ketones is 1. The van der Waals surface area contributed by atoms with Gasteiger partial charge < -0.3 is 9.30 Å². The topological polar surface area (TPSA) is 48.3 Å². The van der Waals surface area contributed by atoms with Gasteiger partial charge in [-0.05, 0) is 23.8 Å². The van der Waals surface area contributed by atoms with Crippen LogP contribution in [0, 0.1) is 5.82 Å². The van der Waals surface area contributed by atoms with Crippen LogP contribution in [0.2, 0.25) is 0 Å². The molecule has 3 rings (SSSR count). The van der Waals surface area contributed by atoms with Gasteiger partial charge in [0.15, 0.2) is 5.78 Å². The zero-order chi connectivity index (χ0) is 19.2. The molecule has 0 radical (unpaired) electrons. The Morgan fingerprint density at radius 2 is 1.81 bits per heavy atom. The van der Waals surface area contributed by atoms with Crippen molar-refractivity contribution in [3.05, 3.63) is 99.7 Å². The number of halogens is 1. The highest BCUT2D eigenvalue weighted by Crippen LogP contribution is 2.13. The van der Waals surface area contributed by atoms with E-state index < -0.39 is 11.6 Å². The van der Waals surface area contributed by atoms with Gasteiger partial charge in [-0.1, -0.05) is 48.3 Å². The maximum absolute atomic E-state index is 14.1. The molecule has 0 N–H and O–H groups in total. The lowest BCUT2D eigenvalue weighted by Gasteiger charge is -2.09. The first-order chi connectivity index (χ1) is 13.1. The molecule has 0 saturated carbocycles.